The molecule has 0 fully saturated rings. The molecule has 0 amide bonds. The van der Waals surface area contributed by atoms with Crippen LogP contribution in [-0.2, 0) is 4.43 Å². The van der Waals surface area contributed by atoms with Crippen LogP contribution < -0.4 is 0 Å². The lowest BCUT2D eigenvalue weighted by Crippen LogP contribution is -2.01. The van der Waals surface area contributed by atoms with Crippen LogP contribution in [0.15, 0.2) is 0 Å². The van der Waals surface area contributed by atoms with Crippen molar-refractivity contribution in [2.75, 3.05) is 0 Å². The highest BCUT2D eigenvalue weighted by atomic mass is 35.5. The van der Waals surface area contributed by atoms with Gasteiger partial charge in [-0.2, -0.15) is 5.26 Å². The molecule has 0 N–H and O–H groups in total. The number of hydrogen-bond acceptors (Lipinski definition) is 2. The molecule has 0 heterocycles. The van der Waals surface area contributed by atoms with E-state index < -0.39 is 14.8 Å². The Morgan fingerprint density at radius 2 is 2.33 bits per heavy atom. The average molecular weight is 184 g/mol. The number of alkyl halides is 2. The molecule has 0 aliphatic rings. The number of hydrogen-bond donors (Lipinski definition) is 0. The second-order valence-electron chi connectivity index (χ2n) is 1.39. The summed E-state index contributed by atoms with van der Waals surface area (Å²) in [5.41, 5.74) is 0. The van der Waals surface area contributed by atoms with E-state index in [0.717, 1.165) is 6.04 Å². The molecule has 2 nitrogen and oxygen atoms in total. The zero-order chi connectivity index (χ0) is 7.11. The van der Waals surface area contributed by atoms with Crippen molar-refractivity contribution >= 4 is 33.0 Å². The van der Waals surface area contributed by atoms with Crippen LogP contribution in [0.25, 0.3) is 0 Å². The molecule has 0 rings (SSSR count). The average Bonchev–Trinajstić information content (AvgIpc) is 1.80. The maximum atomic E-state index is 8.08. The number of halogens is 2. The summed E-state index contributed by atoms with van der Waals surface area (Å²) in [6.45, 7) is 0. The van der Waals surface area contributed by atoms with Gasteiger partial charge < -0.3 is 4.43 Å². The van der Waals surface area contributed by atoms with Gasteiger partial charge in [0.05, 0.1) is 6.07 Å². The van der Waals surface area contributed by atoms with Gasteiger partial charge in [0.1, 0.15) is 0 Å². The van der Waals surface area contributed by atoms with Crippen LogP contribution in [0.1, 0.15) is 6.42 Å². The molecular weight excluding hydrogens is 177 g/mol. The minimum Gasteiger partial charge on any atom is -0.397 e. The first-order valence-corrected chi connectivity index (χ1v) is 4.99. The molecule has 0 atom stereocenters. The molecular formula is C4H7Cl2NOSi. The van der Waals surface area contributed by atoms with Gasteiger partial charge in [0.15, 0.2) is 14.8 Å². The largest absolute Gasteiger partial charge is 0.397 e. The summed E-state index contributed by atoms with van der Waals surface area (Å²) >= 11 is 10.5. The third-order valence-corrected chi connectivity index (χ3v) is 2.56. The lowest BCUT2D eigenvalue weighted by atomic mass is 10.6. The summed E-state index contributed by atoms with van der Waals surface area (Å²) in [5.74, 6) is 0. The van der Waals surface area contributed by atoms with E-state index in [1.54, 1.807) is 0 Å². The van der Waals surface area contributed by atoms with Crippen LogP contribution in [0.3, 0.4) is 0 Å². The molecule has 0 unspecified atom stereocenters. The van der Waals surface area contributed by atoms with E-state index in [2.05, 4.69) is 0 Å². The van der Waals surface area contributed by atoms with Crippen molar-refractivity contribution in [1.82, 2.24) is 0 Å². The van der Waals surface area contributed by atoms with Gasteiger partial charge in [-0.15, -0.1) is 0 Å². The van der Waals surface area contributed by atoms with Gasteiger partial charge in [-0.25, -0.2) is 0 Å². The Kier molecular flexibility index (Phi) is 6.54. The van der Waals surface area contributed by atoms with Crippen LogP contribution in [0, 0.1) is 11.3 Å². The first-order chi connectivity index (χ1) is 4.27. The van der Waals surface area contributed by atoms with Gasteiger partial charge in [-0.1, -0.05) is 23.2 Å². The van der Waals surface area contributed by atoms with Crippen molar-refractivity contribution in [2.24, 2.45) is 0 Å². The lowest BCUT2D eigenvalue weighted by Gasteiger charge is -1.99. The summed E-state index contributed by atoms with van der Waals surface area (Å²) < 4.78 is 4.86. The molecule has 0 aromatic heterocycles. The standard InChI is InChI=1S/C4H7Cl2NOSi/c5-4(6)8-9-3-1-2-7/h4H,1,3,9H2. The van der Waals surface area contributed by atoms with Crippen LogP contribution in [-0.4, -0.2) is 14.8 Å². The SMILES string of the molecule is N#CCC[SiH2]OC(Cl)Cl. The Morgan fingerprint density at radius 1 is 1.67 bits per heavy atom. The summed E-state index contributed by atoms with van der Waals surface area (Å²) in [7, 11) is -0.634. The number of rotatable bonds is 4. The molecule has 52 valence electrons. The van der Waals surface area contributed by atoms with Gasteiger partial charge in [0, 0.05) is 6.42 Å². The molecule has 9 heavy (non-hydrogen) atoms. The van der Waals surface area contributed by atoms with Gasteiger partial charge >= 0.3 is 0 Å². The van der Waals surface area contributed by atoms with E-state index in [1.807, 2.05) is 6.07 Å². The summed E-state index contributed by atoms with van der Waals surface area (Å²) in [6.07, 6.45) is 0.548. The number of nitriles is 1. The highest BCUT2D eigenvalue weighted by molar-refractivity contribution is 6.45. The van der Waals surface area contributed by atoms with Crippen molar-refractivity contribution in [3.05, 3.63) is 0 Å². The van der Waals surface area contributed by atoms with Gasteiger partial charge in [0.2, 0.25) is 0 Å². The first-order valence-electron chi connectivity index (χ1n) is 2.54. The molecule has 0 aromatic carbocycles. The maximum Gasteiger partial charge on any atom is 0.197 e. The van der Waals surface area contributed by atoms with E-state index in [1.165, 1.54) is 0 Å². The Labute approximate surface area is 66.6 Å². The molecule has 0 aliphatic heterocycles. The molecule has 0 saturated heterocycles. The van der Waals surface area contributed by atoms with Crippen molar-refractivity contribution in [2.45, 2.75) is 17.5 Å². The molecule has 0 aliphatic carbocycles. The van der Waals surface area contributed by atoms with E-state index in [4.69, 9.17) is 32.9 Å². The van der Waals surface area contributed by atoms with Gasteiger partial charge in [-0.05, 0) is 6.04 Å². The summed E-state index contributed by atoms with van der Waals surface area (Å²) in [6, 6.07) is 2.84. The van der Waals surface area contributed by atoms with E-state index in [0.29, 0.717) is 6.42 Å². The molecule has 0 spiro atoms. The summed E-state index contributed by atoms with van der Waals surface area (Å²) in [4.78, 5) is 0. The highest BCUT2D eigenvalue weighted by Gasteiger charge is 1.95. The van der Waals surface area contributed by atoms with Gasteiger partial charge in [0.25, 0.3) is 0 Å². The minimum absolute atomic E-state index is 0.548. The van der Waals surface area contributed by atoms with Crippen molar-refractivity contribution < 1.29 is 4.43 Å². The highest BCUT2D eigenvalue weighted by Crippen LogP contribution is 2.02. The fraction of sp³-hybridized carbons (Fsp3) is 0.750. The fourth-order valence-corrected chi connectivity index (χ4v) is 1.51. The monoisotopic (exact) mass is 183 g/mol. The fourth-order valence-electron chi connectivity index (χ4n) is 0.324. The lowest BCUT2D eigenvalue weighted by molar-refractivity contribution is 0.375. The predicted octanol–water partition coefficient (Wildman–Crippen LogP) is 1.18. The van der Waals surface area contributed by atoms with Crippen molar-refractivity contribution in [3.8, 4) is 6.07 Å². The van der Waals surface area contributed by atoms with Crippen LogP contribution in [0.5, 0.6) is 0 Å². The molecule has 0 aromatic rings. The van der Waals surface area contributed by atoms with Crippen molar-refractivity contribution in [1.29, 1.82) is 5.26 Å². The zero-order valence-corrected chi connectivity index (χ0v) is 7.74. The predicted molar refractivity (Wildman–Crippen MR) is 40.2 cm³/mol. The van der Waals surface area contributed by atoms with Crippen molar-refractivity contribution in [3.63, 3.8) is 0 Å². The molecule has 0 bridgehead atoms. The van der Waals surface area contributed by atoms with E-state index in [9.17, 15) is 0 Å². The van der Waals surface area contributed by atoms with Crippen LogP contribution in [0.2, 0.25) is 6.04 Å². The second-order valence-corrected chi connectivity index (χ2v) is 3.86. The second kappa shape index (κ2) is 6.37. The van der Waals surface area contributed by atoms with Crippen LogP contribution in [0.4, 0.5) is 0 Å². The Morgan fingerprint density at radius 3 is 2.78 bits per heavy atom. The zero-order valence-electron chi connectivity index (χ0n) is 4.81. The molecule has 0 radical (unpaired) electrons. The number of nitrogens with zero attached hydrogens (tertiary/aromatic N) is 1. The normalized spacial score (nSPS) is 10.9. The Balaban J connectivity index is 2.85. The first kappa shape index (κ1) is 9.25. The van der Waals surface area contributed by atoms with E-state index >= 15 is 0 Å². The smallest absolute Gasteiger partial charge is 0.197 e. The Bertz CT molecular complexity index is 103. The van der Waals surface area contributed by atoms with E-state index in [-0.39, 0.29) is 0 Å². The third-order valence-electron chi connectivity index (χ3n) is 0.677. The molecule has 5 heteroatoms. The quantitative estimate of drug-likeness (QED) is 0.373. The van der Waals surface area contributed by atoms with Crippen LogP contribution >= 0.6 is 23.2 Å². The minimum atomic E-state index is -0.699. The van der Waals surface area contributed by atoms with Gasteiger partial charge in [-0.3, -0.25) is 0 Å². The summed E-state index contributed by atoms with van der Waals surface area (Å²) in [5, 5.41) is 7.38. The third kappa shape index (κ3) is 8.25. The maximum absolute atomic E-state index is 8.08. The molecule has 0 saturated carbocycles. The topological polar surface area (TPSA) is 33.0 Å². The Hall–Kier alpha value is 0.247.